The molecule has 0 aliphatic rings. The van der Waals surface area contributed by atoms with E-state index in [9.17, 15) is 18.0 Å². The fraction of sp³-hybridized carbons (Fsp3) is 0.200. The lowest BCUT2D eigenvalue weighted by atomic mass is 10.3. The highest BCUT2D eigenvalue weighted by atomic mass is 32.2. The Balaban J connectivity index is 1.80. The van der Waals surface area contributed by atoms with Gasteiger partial charge in [-0.25, -0.2) is 8.42 Å². The van der Waals surface area contributed by atoms with Gasteiger partial charge in [-0.05, 0) is 23.6 Å². The summed E-state index contributed by atoms with van der Waals surface area (Å²) in [4.78, 5) is 24.9. The van der Waals surface area contributed by atoms with Crippen molar-refractivity contribution in [1.82, 2.24) is 4.72 Å². The smallest absolute Gasteiger partial charge is 0.321 e. The highest BCUT2D eigenvalue weighted by Gasteiger charge is 2.18. The van der Waals surface area contributed by atoms with Crippen LogP contribution in [0.2, 0.25) is 0 Å². The second-order valence-corrected chi connectivity index (χ2v) is 7.65. The molecule has 1 aromatic heterocycles. The average molecular weight is 368 g/mol. The molecule has 1 amide bonds. The first kappa shape index (κ1) is 18.1. The van der Waals surface area contributed by atoms with E-state index in [1.807, 2.05) is 6.07 Å². The molecule has 7 nitrogen and oxygen atoms in total. The molecule has 1 heterocycles. The quantitative estimate of drug-likeness (QED) is 0.742. The van der Waals surface area contributed by atoms with E-state index in [1.54, 1.807) is 42.8 Å². The molecule has 0 unspecified atom stereocenters. The van der Waals surface area contributed by atoms with E-state index in [2.05, 4.69) is 4.72 Å². The highest BCUT2D eigenvalue weighted by molar-refractivity contribution is 7.91. The van der Waals surface area contributed by atoms with Gasteiger partial charge in [0.05, 0.1) is 0 Å². The minimum Gasteiger partial charge on any atom is -0.455 e. The first-order valence-electron chi connectivity index (χ1n) is 6.90. The summed E-state index contributed by atoms with van der Waals surface area (Å²) in [6.45, 7) is -1.01. The molecule has 128 valence electrons. The normalized spacial score (nSPS) is 11.0. The molecule has 1 N–H and O–H groups in total. The summed E-state index contributed by atoms with van der Waals surface area (Å²) in [5.41, 5.74) is 0.664. The van der Waals surface area contributed by atoms with Crippen LogP contribution in [-0.2, 0) is 24.3 Å². The molecule has 2 rings (SSSR count). The lowest BCUT2D eigenvalue weighted by molar-refractivity contribution is -0.146. The number of benzene rings is 1. The fourth-order valence-electron chi connectivity index (χ4n) is 1.73. The summed E-state index contributed by atoms with van der Waals surface area (Å²) >= 11 is 1.04. The molecule has 9 heteroatoms. The number of esters is 1. The van der Waals surface area contributed by atoms with Gasteiger partial charge in [-0.15, -0.1) is 11.3 Å². The number of sulfonamides is 1. The van der Waals surface area contributed by atoms with Crippen molar-refractivity contribution >= 4 is 38.9 Å². The molecule has 0 saturated heterocycles. The molecule has 0 fully saturated rings. The van der Waals surface area contributed by atoms with Crippen LogP contribution >= 0.6 is 11.3 Å². The lowest BCUT2D eigenvalue weighted by Crippen LogP contribution is -2.34. The third-order valence-electron chi connectivity index (χ3n) is 3.04. The third-order valence-corrected chi connectivity index (χ3v) is 5.84. The van der Waals surface area contributed by atoms with Crippen LogP contribution in [0.1, 0.15) is 0 Å². The van der Waals surface area contributed by atoms with Crippen LogP contribution in [0.25, 0.3) is 0 Å². The second-order valence-electron chi connectivity index (χ2n) is 4.71. The van der Waals surface area contributed by atoms with Gasteiger partial charge in [0.2, 0.25) is 0 Å². The largest absolute Gasteiger partial charge is 0.455 e. The Morgan fingerprint density at radius 2 is 1.88 bits per heavy atom. The number of hydrogen-bond acceptors (Lipinski definition) is 6. The Kier molecular flexibility index (Phi) is 6.07. The van der Waals surface area contributed by atoms with Crippen molar-refractivity contribution in [2.24, 2.45) is 0 Å². The van der Waals surface area contributed by atoms with Crippen LogP contribution in [0.5, 0.6) is 0 Å². The predicted octanol–water partition coefficient (Wildman–Crippen LogP) is 1.23. The van der Waals surface area contributed by atoms with E-state index in [0.717, 1.165) is 11.3 Å². The van der Waals surface area contributed by atoms with Gasteiger partial charge in [-0.1, -0.05) is 24.3 Å². The molecular formula is C15H16N2O5S2. The Bertz CT molecular complexity index is 789. The lowest BCUT2D eigenvalue weighted by Gasteiger charge is -2.17. The molecule has 0 aliphatic heterocycles. The SMILES string of the molecule is CN(C(=O)COC(=O)CNS(=O)(=O)c1cccs1)c1ccccc1. The zero-order chi connectivity index (χ0) is 17.6. The van der Waals surface area contributed by atoms with Crippen molar-refractivity contribution < 1.29 is 22.7 Å². The van der Waals surface area contributed by atoms with Crippen LogP contribution in [0.4, 0.5) is 5.69 Å². The second kappa shape index (κ2) is 8.04. The molecule has 0 saturated carbocycles. The van der Waals surface area contributed by atoms with Gasteiger partial charge in [0.1, 0.15) is 10.8 Å². The number of para-hydroxylation sites is 1. The number of carbonyl (C=O) groups is 2. The zero-order valence-electron chi connectivity index (χ0n) is 12.8. The fourth-order valence-corrected chi connectivity index (χ4v) is 3.73. The van der Waals surface area contributed by atoms with E-state index in [1.165, 1.54) is 11.0 Å². The Morgan fingerprint density at radius 1 is 1.17 bits per heavy atom. The average Bonchev–Trinajstić information content (AvgIpc) is 3.13. The molecule has 0 bridgehead atoms. The first-order chi connectivity index (χ1) is 11.4. The van der Waals surface area contributed by atoms with Crippen LogP contribution in [0.3, 0.4) is 0 Å². The maximum Gasteiger partial charge on any atom is 0.321 e. The third kappa shape index (κ3) is 4.88. The van der Waals surface area contributed by atoms with Crippen molar-refractivity contribution in [3.63, 3.8) is 0 Å². The van der Waals surface area contributed by atoms with Crippen molar-refractivity contribution in [2.45, 2.75) is 4.21 Å². The number of nitrogens with zero attached hydrogens (tertiary/aromatic N) is 1. The molecule has 0 radical (unpaired) electrons. The number of nitrogens with one attached hydrogen (secondary N) is 1. The number of likely N-dealkylation sites (N-methyl/N-ethyl adjacent to an activating group) is 1. The van der Waals surface area contributed by atoms with Gasteiger partial charge in [0, 0.05) is 12.7 Å². The van der Waals surface area contributed by atoms with Gasteiger partial charge in [-0.3, -0.25) is 9.59 Å². The summed E-state index contributed by atoms with van der Waals surface area (Å²) in [6.07, 6.45) is 0. The minimum atomic E-state index is -3.74. The van der Waals surface area contributed by atoms with Gasteiger partial charge in [0.25, 0.3) is 15.9 Å². The standard InChI is InChI=1S/C15H16N2O5S2/c1-17(12-6-3-2-4-7-12)13(18)11-22-14(19)10-16-24(20,21)15-8-5-9-23-15/h2-9,16H,10-11H2,1H3. The van der Waals surface area contributed by atoms with Crippen LogP contribution in [0.15, 0.2) is 52.1 Å². The van der Waals surface area contributed by atoms with E-state index in [0.29, 0.717) is 5.69 Å². The van der Waals surface area contributed by atoms with Crippen LogP contribution in [-0.4, -0.2) is 40.5 Å². The van der Waals surface area contributed by atoms with Gasteiger partial charge in [-0.2, -0.15) is 4.72 Å². The molecule has 0 spiro atoms. The molecule has 2 aromatic rings. The Hall–Kier alpha value is -2.23. The highest BCUT2D eigenvalue weighted by Crippen LogP contribution is 2.15. The first-order valence-corrected chi connectivity index (χ1v) is 9.27. The number of anilines is 1. The predicted molar refractivity (Wildman–Crippen MR) is 90.3 cm³/mol. The molecule has 0 aliphatic carbocycles. The van der Waals surface area contributed by atoms with Crippen molar-refractivity contribution in [2.75, 3.05) is 25.1 Å². The minimum absolute atomic E-state index is 0.107. The number of carbonyl (C=O) groups excluding carboxylic acids is 2. The summed E-state index contributed by atoms with van der Waals surface area (Å²) in [5, 5.41) is 1.62. The number of rotatable bonds is 7. The summed E-state index contributed by atoms with van der Waals surface area (Å²) in [7, 11) is -2.18. The Morgan fingerprint density at radius 3 is 2.50 bits per heavy atom. The van der Waals surface area contributed by atoms with Crippen molar-refractivity contribution in [1.29, 1.82) is 0 Å². The summed E-state index contributed by atoms with van der Waals surface area (Å²) < 4.78 is 30.7. The van der Waals surface area contributed by atoms with Crippen molar-refractivity contribution in [3.8, 4) is 0 Å². The molecule has 24 heavy (non-hydrogen) atoms. The number of ether oxygens (including phenoxy) is 1. The maximum atomic E-state index is 11.9. The topological polar surface area (TPSA) is 92.8 Å². The van der Waals surface area contributed by atoms with Crippen molar-refractivity contribution in [3.05, 3.63) is 47.8 Å². The van der Waals surface area contributed by atoms with E-state index < -0.39 is 35.1 Å². The number of amides is 1. The van der Waals surface area contributed by atoms with E-state index in [-0.39, 0.29) is 4.21 Å². The van der Waals surface area contributed by atoms with Crippen LogP contribution in [0, 0.1) is 0 Å². The summed E-state index contributed by atoms with van der Waals surface area (Å²) in [6, 6.07) is 11.9. The molecule has 0 atom stereocenters. The van der Waals surface area contributed by atoms with Gasteiger partial charge >= 0.3 is 5.97 Å². The van der Waals surface area contributed by atoms with Gasteiger partial charge in [0.15, 0.2) is 6.61 Å². The maximum absolute atomic E-state index is 11.9. The van der Waals surface area contributed by atoms with E-state index in [4.69, 9.17) is 4.74 Å². The molecule has 1 aromatic carbocycles. The molecular weight excluding hydrogens is 352 g/mol. The van der Waals surface area contributed by atoms with Crippen LogP contribution < -0.4 is 9.62 Å². The monoisotopic (exact) mass is 368 g/mol. The van der Waals surface area contributed by atoms with Gasteiger partial charge < -0.3 is 9.64 Å². The summed E-state index contributed by atoms with van der Waals surface area (Å²) in [5.74, 6) is -1.25. The van der Waals surface area contributed by atoms with E-state index >= 15 is 0 Å². The zero-order valence-corrected chi connectivity index (χ0v) is 14.5. The number of hydrogen-bond donors (Lipinski definition) is 1. The number of thiophene rings is 1. The Labute approximate surface area is 143 Å².